The van der Waals surface area contributed by atoms with Crippen LogP contribution >= 0.6 is 22.6 Å². The first-order valence-electron chi connectivity index (χ1n) is 6.05. The van der Waals surface area contributed by atoms with Gasteiger partial charge in [-0.15, -0.1) is 0 Å². The molecule has 0 saturated heterocycles. The largest absolute Gasteiger partial charge is 0.416 e. The molecule has 0 aliphatic heterocycles. The fourth-order valence-corrected chi connectivity index (χ4v) is 2.23. The number of rotatable bonds is 3. The average Bonchev–Trinajstić information content (AvgIpc) is 2.38. The van der Waals surface area contributed by atoms with Crippen LogP contribution in [-0.2, 0) is 6.18 Å². The summed E-state index contributed by atoms with van der Waals surface area (Å²) in [5.41, 5.74) is 0.853. The van der Waals surface area contributed by atoms with Crippen molar-refractivity contribution in [3.63, 3.8) is 0 Å². The molecule has 0 aromatic heterocycles. The topological polar surface area (TPSA) is 12.0 Å². The predicted molar refractivity (Wildman–Crippen MR) is 82.6 cm³/mol. The van der Waals surface area contributed by atoms with E-state index in [9.17, 15) is 13.2 Å². The second-order valence-electron chi connectivity index (χ2n) is 4.50. The molecule has 0 spiro atoms. The Kier molecular flexibility index (Phi) is 4.57. The number of anilines is 1. The van der Waals surface area contributed by atoms with E-state index in [4.69, 9.17) is 0 Å². The molecule has 0 aliphatic rings. The summed E-state index contributed by atoms with van der Waals surface area (Å²) in [5.74, 6) is 0. The number of hydrogen-bond donors (Lipinski definition) is 1. The molecule has 2 aromatic carbocycles. The van der Waals surface area contributed by atoms with Crippen LogP contribution in [0.1, 0.15) is 24.1 Å². The third kappa shape index (κ3) is 3.88. The molecule has 2 rings (SSSR count). The summed E-state index contributed by atoms with van der Waals surface area (Å²) < 4.78 is 39.1. The first-order valence-corrected chi connectivity index (χ1v) is 7.13. The molecule has 1 unspecified atom stereocenters. The Morgan fingerprint density at radius 2 is 1.70 bits per heavy atom. The summed E-state index contributed by atoms with van der Waals surface area (Å²) in [4.78, 5) is 0. The predicted octanol–water partition coefficient (Wildman–Crippen LogP) is 5.48. The molecule has 0 amide bonds. The van der Waals surface area contributed by atoms with E-state index in [1.165, 1.54) is 6.07 Å². The van der Waals surface area contributed by atoms with E-state index in [1.54, 1.807) is 6.07 Å². The monoisotopic (exact) mass is 391 g/mol. The maximum absolute atomic E-state index is 12.6. The highest BCUT2D eigenvalue weighted by Gasteiger charge is 2.30. The van der Waals surface area contributed by atoms with E-state index in [1.807, 2.05) is 31.2 Å². The van der Waals surface area contributed by atoms with Crippen LogP contribution in [0.15, 0.2) is 48.5 Å². The lowest BCUT2D eigenvalue weighted by molar-refractivity contribution is -0.137. The van der Waals surface area contributed by atoms with Crippen LogP contribution in [0.5, 0.6) is 0 Å². The highest BCUT2D eigenvalue weighted by atomic mass is 127. The molecular weight excluding hydrogens is 378 g/mol. The lowest BCUT2D eigenvalue weighted by Crippen LogP contribution is -2.09. The molecule has 0 heterocycles. The molecule has 0 bridgehead atoms. The molecule has 2 aromatic rings. The SMILES string of the molecule is CC(Nc1cccc(C(F)(F)F)c1)c1ccc(I)cc1. The lowest BCUT2D eigenvalue weighted by Gasteiger charge is -2.17. The number of hydrogen-bond acceptors (Lipinski definition) is 1. The van der Waals surface area contributed by atoms with E-state index in [2.05, 4.69) is 27.9 Å². The van der Waals surface area contributed by atoms with Crippen molar-refractivity contribution in [2.24, 2.45) is 0 Å². The van der Waals surface area contributed by atoms with Crippen molar-refractivity contribution in [3.05, 3.63) is 63.2 Å². The Labute approximate surface area is 129 Å². The van der Waals surface area contributed by atoms with Crippen molar-refractivity contribution in [2.75, 3.05) is 5.32 Å². The standard InChI is InChI=1S/C15H13F3IN/c1-10(11-5-7-13(19)8-6-11)20-14-4-2-3-12(9-14)15(16,17)18/h2-10,20H,1H3. The number of nitrogens with one attached hydrogen (secondary N) is 1. The van der Waals surface area contributed by atoms with Gasteiger partial charge >= 0.3 is 6.18 Å². The van der Waals surface area contributed by atoms with E-state index < -0.39 is 11.7 Å². The Balaban J connectivity index is 2.15. The molecule has 1 N–H and O–H groups in total. The minimum absolute atomic E-state index is 0.0597. The van der Waals surface area contributed by atoms with E-state index >= 15 is 0 Å². The molecule has 20 heavy (non-hydrogen) atoms. The van der Waals surface area contributed by atoms with Crippen molar-refractivity contribution in [3.8, 4) is 0 Å². The summed E-state index contributed by atoms with van der Waals surface area (Å²) in [6.45, 7) is 1.92. The van der Waals surface area contributed by atoms with Gasteiger partial charge in [-0.05, 0) is 65.4 Å². The van der Waals surface area contributed by atoms with E-state index in [0.717, 1.165) is 21.3 Å². The van der Waals surface area contributed by atoms with Crippen LogP contribution in [0, 0.1) is 3.57 Å². The smallest absolute Gasteiger partial charge is 0.379 e. The summed E-state index contributed by atoms with van der Waals surface area (Å²) in [7, 11) is 0. The van der Waals surface area contributed by atoms with Crippen LogP contribution in [0.2, 0.25) is 0 Å². The highest BCUT2D eigenvalue weighted by molar-refractivity contribution is 14.1. The van der Waals surface area contributed by atoms with Crippen LogP contribution in [-0.4, -0.2) is 0 Å². The Hall–Kier alpha value is -1.24. The summed E-state index contributed by atoms with van der Waals surface area (Å²) in [5, 5.41) is 3.09. The van der Waals surface area contributed by atoms with E-state index in [-0.39, 0.29) is 6.04 Å². The van der Waals surface area contributed by atoms with Gasteiger partial charge in [-0.2, -0.15) is 13.2 Å². The van der Waals surface area contributed by atoms with Crippen LogP contribution in [0.25, 0.3) is 0 Å². The maximum atomic E-state index is 12.6. The Morgan fingerprint density at radius 3 is 2.30 bits per heavy atom. The van der Waals surface area contributed by atoms with Gasteiger partial charge in [0, 0.05) is 15.3 Å². The van der Waals surface area contributed by atoms with Gasteiger partial charge < -0.3 is 5.32 Å². The Morgan fingerprint density at radius 1 is 1.05 bits per heavy atom. The fraction of sp³-hybridized carbons (Fsp3) is 0.200. The first-order chi connectivity index (χ1) is 9.36. The summed E-state index contributed by atoms with van der Waals surface area (Å²) in [6.07, 6.45) is -4.32. The van der Waals surface area contributed by atoms with E-state index in [0.29, 0.717) is 5.69 Å². The minimum Gasteiger partial charge on any atom is -0.379 e. The van der Waals surface area contributed by atoms with Crippen molar-refractivity contribution in [1.82, 2.24) is 0 Å². The van der Waals surface area contributed by atoms with Gasteiger partial charge in [-0.1, -0.05) is 18.2 Å². The zero-order chi connectivity index (χ0) is 14.8. The van der Waals surface area contributed by atoms with Gasteiger partial charge in [-0.25, -0.2) is 0 Å². The zero-order valence-corrected chi connectivity index (χ0v) is 12.9. The molecule has 0 fully saturated rings. The maximum Gasteiger partial charge on any atom is 0.416 e. The quantitative estimate of drug-likeness (QED) is 0.683. The van der Waals surface area contributed by atoms with Crippen molar-refractivity contribution < 1.29 is 13.2 Å². The van der Waals surface area contributed by atoms with Crippen LogP contribution in [0.4, 0.5) is 18.9 Å². The summed E-state index contributed by atoms with van der Waals surface area (Å²) in [6, 6.07) is 13.1. The van der Waals surface area contributed by atoms with Gasteiger partial charge in [0.1, 0.15) is 0 Å². The second kappa shape index (κ2) is 6.03. The normalized spacial score (nSPS) is 13.1. The molecule has 5 heteroatoms. The van der Waals surface area contributed by atoms with Crippen LogP contribution in [0.3, 0.4) is 0 Å². The number of alkyl halides is 3. The molecular formula is C15H13F3IN. The number of benzene rings is 2. The lowest BCUT2D eigenvalue weighted by atomic mass is 10.1. The minimum atomic E-state index is -4.32. The molecule has 1 nitrogen and oxygen atoms in total. The van der Waals surface area contributed by atoms with Gasteiger partial charge in [-0.3, -0.25) is 0 Å². The molecule has 1 atom stereocenters. The average molecular weight is 391 g/mol. The molecule has 106 valence electrons. The van der Waals surface area contributed by atoms with Gasteiger partial charge in [0.15, 0.2) is 0 Å². The fourth-order valence-electron chi connectivity index (χ4n) is 1.87. The first kappa shape index (κ1) is 15.2. The van der Waals surface area contributed by atoms with Crippen molar-refractivity contribution >= 4 is 28.3 Å². The Bertz CT molecular complexity index is 578. The van der Waals surface area contributed by atoms with Crippen molar-refractivity contribution in [2.45, 2.75) is 19.1 Å². The van der Waals surface area contributed by atoms with Crippen molar-refractivity contribution in [1.29, 1.82) is 0 Å². The van der Waals surface area contributed by atoms with Gasteiger partial charge in [0.25, 0.3) is 0 Å². The third-order valence-electron chi connectivity index (χ3n) is 2.94. The molecule has 0 radical (unpaired) electrons. The second-order valence-corrected chi connectivity index (χ2v) is 5.74. The summed E-state index contributed by atoms with van der Waals surface area (Å²) >= 11 is 2.21. The molecule has 0 saturated carbocycles. The third-order valence-corrected chi connectivity index (χ3v) is 3.66. The highest BCUT2D eigenvalue weighted by Crippen LogP contribution is 2.31. The zero-order valence-electron chi connectivity index (χ0n) is 10.7. The van der Waals surface area contributed by atoms with Crippen LogP contribution < -0.4 is 5.32 Å². The molecule has 0 aliphatic carbocycles. The van der Waals surface area contributed by atoms with Gasteiger partial charge in [0.05, 0.1) is 5.56 Å². The van der Waals surface area contributed by atoms with Gasteiger partial charge in [0.2, 0.25) is 0 Å². The number of halogens is 4.